The summed E-state index contributed by atoms with van der Waals surface area (Å²) >= 11 is 6.00. The molecule has 1 saturated heterocycles. The topological polar surface area (TPSA) is 58.4 Å². The lowest BCUT2D eigenvalue weighted by molar-refractivity contribution is -0.123. The van der Waals surface area contributed by atoms with Crippen molar-refractivity contribution in [2.75, 3.05) is 18.0 Å². The molecule has 1 aromatic carbocycles. The predicted molar refractivity (Wildman–Crippen MR) is 90.9 cm³/mol. The molecule has 3 N–H and O–H groups in total. The minimum absolute atomic E-state index is 0. The van der Waals surface area contributed by atoms with Gasteiger partial charge in [0.2, 0.25) is 5.91 Å². The summed E-state index contributed by atoms with van der Waals surface area (Å²) in [6.07, 6.45) is 2.57. The van der Waals surface area contributed by atoms with Gasteiger partial charge in [-0.3, -0.25) is 4.79 Å². The molecule has 3 rings (SSSR count). The molecule has 118 valence electrons. The number of nitrogens with zero attached hydrogens (tertiary/aromatic N) is 1. The lowest BCUT2D eigenvalue weighted by atomic mass is 10.2. The third kappa shape index (κ3) is 4.16. The van der Waals surface area contributed by atoms with Crippen molar-refractivity contribution >= 4 is 48.0 Å². The Morgan fingerprint density at radius 2 is 2.10 bits per heavy atom. The van der Waals surface area contributed by atoms with Crippen LogP contribution >= 0.6 is 36.4 Å². The summed E-state index contributed by atoms with van der Waals surface area (Å²) in [5.41, 5.74) is 6.42. The molecule has 1 aromatic rings. The molecule has 0 spiro atoms. The molecule has 1 amide bonds. The molecular formula is C14H20Cl3N3O. The van der Waals surface area contributed by atoms with Crippen molar-refractivity contribution < 1.29 is 4.79 Å². The van der Waals surface area contributed by atoms with E-state index >= 15 is 0 Å². The van der Waals surface area contributed by atoms with Crippen LogP contribution in [0.4, 0.5) is 5.69 Å². The Morgan fingerprint density at radius 1 is 1.38 bits per heavy atom. The average Bonchev–Trinajstić information content (AvgIpc) is 2.97. The maximum atomic E-state index is 11.9. The monoisotopic (exact) mass is 351 g/mol. The van der Waals surface area contributed by atoms with Gasteiger partial charge < -0.3 is 16.0 Å². The van der Waals surface area contributed by atoms with Crippen molar-refractivity contribution in [2.45, 2.75) is 30.8 Å². The zero-order valence-electron chi connectivity index (χ0n) is 11.5. The summed E-state index contributed by atoms with van der Waals surface area (Å²) < 4.78 is 0. The van der Waals surface area contributed by atoms with E-state index in [2.05, 4.69) is 10.2 Å². The predicted octanol–water partition coefficient (Wildman–Crippen LogP) is 2.37. The van der Waals surface area contributed by atoms with Crippen LogP contribution in [0.25, 0.3) is 0 Å². The molecule has 1 saturated carbocycles. The number of carbonyl (C=O) groups excluding carboxylic acids is 1. The smallest absolute Gasteiger partial charge is 0.240 e. The molecule has 0 radical (unpaired) electrons. The first-order valence-electron chi connectivity index (χ1n) is 6.67. The Kier molecular flexibility index (Phi) is 6.17. The molecule has 4 nitrogen and oxygen atoms in total. The standard InChI is InChI=1S/C14H18ClN3O.2ClH/c15-10-2-1-3-12(8-10)18-7-4-11(9-18)17-13(19)14(16)5-6-14;;/h1-3,8,11H,4-7,9,16H2,(H,17,19);2*1H. The first kappa shape index (κ1) is 18.4. The van der Waals surface area contributed by atoms with Crippen molar-refractivity contribution in [2.24, 2.45) is 5.73 Å². The number of amides is 1. The van der Waals surface area contributed by atoms with E-state index in [1.165, 1.54) is 0 Å². The normalized spacial score (nSPS) is 22.0. The second-order valence-corrected chi connectivity index (χ2v) is 5.98. The highest BCUT2D eigenvalue weighted by atomic mass is 35.5. The number of benzene rings is 1. The average molecular weight is 353 g/mol. The summed E-state index contributed by atoms with van der Waals surface area (Å²) in [5.74, 6) is 0.00504. The highest BCUT2D eigenvalue weighted by Crippen LogP contribution is 2.32. The van der Waals surface area contributed by atoms with E-state index in [0.29, 0.717) is 0 Å². The summed E-state index contributed by atoms with van der Waals surface area (Å²) in [7, 11) is 0. The van der Waals surface area contributed by atoms with Gasteiger partial charge in [0.05, 0.1) is 5.54 Å². The van der Waals surface area contributed by atoms with Crippen LogP contribution in [0.5, 0.6) is 0 Å². The van der Waals surface area contributed by atoms with Crippen LogP contribution < -0.4 is 16.0 Å². The Morgan fingerprint density at radius 3 is 2.71 bits per heavy atom. The van der Waals surface area contributed by atoms with Gasteiger partial charge in [0.25, 0.3) is 0 Å². The lowest BCUT2D eigenvalue weighted by Crippen LogP contribution is -2.47. The van der Waals surface area contributed by atoms with Crippen molar-refractivity contribution in [3.8, 4) is 0 Å². The quantitative estimate of drug-likeness (QED) is 0.878. The third-order valence-electron chi connectivity index (χ3n) is 3.94. The van der Waals surface area contributed by atoms with Gasteiger partial charge in [0.15, 0.2) is 0 Å². The summed E-state index contributed by atoms with van der Waals surface area (Å²) in [6.45, 7) is 1.75. The second kappa shape index (κ2) is 7.05. The van der Waals surface area contributed by atoms with Crippen LogP contribution in [-0.4, -0.2) is 30.6 Å². The minimum Gasteiger partial charge on any atom is -0.369 e. The van der Waals surface area contributed by atoms with Crippen LogP contribution in [0.15, 0.2) is 24.3 Å². The number of halogens is 3. The first-order valence-corrected chi connectivity index (χ1v) is 7.05. The Balaban J connectivity index is 0.00000110. The number of nitrogens with two attached hydrogens (primary N) is 1. The molecule has 7 heteroatoms. The van der Waals surface area contributed by atoms with Gasteiger partial charge >= 0.3 is 0 Å². The SMILES string of the molecule is Cl.Cl.NC1(C(=O)NC2CCN(c3cccc(Cl)c3)C2)CC1. The van der Waals surface area contributed by atoms with Gasteiger partial charge in [-0.1, -0.05) is 17.7 Å². The number of carbonyl (C=O) groups is 1. The van der Waals surface area contributed by atoms with Crippen LogP contribution in [0.3, 0.4) is 0 Å². The van der Waals surface area contributed by atoms with Gasteiger partial charge in [-0.2, -0.15) is 0 Å². The maximum absolute atomic E-state index is 11.9. The molecule has 1 heterocycles. The molecule has 0 bridgehead atoms. The van der Waals surface area contributed by atoms with Crippen molar-refractivity contribution in [3.63, 3.8) is 0 Å². The number of anilines is 1. The van der Waals surface area contributed by atoms with E-state index in [4.69, 9.17) is 17.3 Å². The highest BCUT2D eigenvalue weighted by Gasteiger charge is 2.46. The van der Waals surface area contributed by atoms with Crippen LogP contribution in [0.2, 0.25) is 5.02 Å². The van der Waals surface area contributed by atoms with Crippen molar-refractivity contribution in [3.05, 3.63) is 29.3 Å². The van der Waals surface area contributed by atoms with Crippen molar-refractivity contribution in [1.82, 2.24) is 5.32 Å². The Labute approximate surface area is 142 Å². The summed E-state index contributed by atoms with van der Waals surface area (Å²) in [6, 6.07) is 8.00. The molecule has 2 aliphatic rings. The molecule has 1 unspecified atom stereocenters. The first-order chi connectivity index (χ1) is 9.07. The van der Waals surface area contributed by atoms with Gasteiger partial charge in [-0.05, 0) is 37.5 Å². The lowest BCUT2D eigenvalue weighted by Gasteiger charge is -2.20. The Bertz CT molecular complexity index is 508. The minimum atomic E-state index is -0.580. The number of rotatable bonds is 3. The van der Waals surface area contributed by atoms with E-state index < -0.39 is 5.54 Å². The van der Waals surface area contributed by atoms with Gasteiger partial charge in [0, 0.05) is 29.8 Å². The number of nitrogens with one attached hydrogen (secondary N) is 1. The van der Waals surface area contributed by atoms with Gasteiger partial charge in [-0.15, -0.1) is 24.8 Å². The molecular weight excluding hydrogens is 333 g/mol. The zero-order chi connectivity index (χ0) is 13.5. The molecule has 0 aromatic heterocycles. The zero-order valence-corrected chi connectivity index (χ0v) is 13.9. The fourth-order valence-electron chi connectivity index (χ4n) is 2.48. The van der Waals surface area contributed by atoms with E-state index in [0.717, 1.165) is 43.1 Å². The van der Waals surface area contributed by atoms with E-state index in [-0.39, 0.29) is 36.8 Å². The fourth-order valence-corrected chi connectivity index (χ4v) is 2.66. The van der Waals surface area contributed by atoms with Crippen LogP contribution in [0, 0.1) is 0 Å². The molecule has 21 heavy (non-hydrogen) atoms. The number of hydrogen-bond acceptors (Lipinski definition) is 3. The molecule has 1 atom stereocenters. The van der Waals surface area contributed by atoms with Crippen molar-refractivity contribution in [1.29, 1.82) is 0 Å². The van der Waals surface area contributed by atoms with Gasteiger partial charge in [-0.25, -0.2) is 0 Å². The third-order valence-corrected chi connectivity index (χ3v) is 4.17. The van der Waals surface area contributed by atoms with E-state index in [1.54, 1.807) is 0 Å². The van der Waals surface area contributed by atoms with E-state index in [9.17, 15) is 4.79 Å². The van der Waals surface area contributed by atoms with Gasteiger partial charge in [0.1, 0.15) is 0 Å². The highest BCUT2D eigenvalue weighted by molar-refractivity contribution is 6.30. The summed E-state index contributed by atoms with van der Waals surface area (Å²) in [5, 5.41) is 3.80. The number of hydrogen-bond donors (Lipinski definition) is 2. The molecule has 2 fully saturated rings. The fraction of sp³-hybridized carbons (Fsp3) is 0.500. The Hall–Kier alpha value is -0.680. The maximum Gasteiger partial charge on any atom is 0.240 e. The second-order valence-electron chi connectivity index (χ2n) is 5.54. The van der Waals surface area contributed by atoms with Crippen LogP contribution in [0.1, 0.15) is 19.3 Å². The molecule has 1 aliphatic heterocycles. The summed E-state index contributed by atoms with van der Waals surface area (Å²) in [4.78, 5) is 14.1. The van der Waals surface area contributed by atoms with Crippen LogP contribution in [-0.2, 0) is 4.79 Å². The largest absolute Gasteiger partial charge is 0.369 e. The van der Waals surface area contributed by atoms with E-state index in [1.807, 2.05) is 24.3 Å². The molecule has 1 aliphatic carbocycles.